The lowest BCUT2D eigenvalue weighted by atomic mass is 9.80. The summed E-state index contributed by atoms with van der Waals surface area (Å²) < 4.78 is 0. The molecule has 2 atom stereocenters. The number of hydrogen-bond acceptors (Lipinski definition) is 2. The zero-order chi connectivity index (χ0) is 14.4. The second-order valence-electron chi connectivity index (χ2n) is 7.00. The monoisotopic (exact) mass is 281 g/mol. The van der Waals surface area contributed by atoms with E-state index in [2.05, 4.69) is 54.4 Å². The van der Waals surface area contributed by atoms with Gasteiger partial charge in [-0.2, -0.15) is 0 Å². The van der Waals surface area contributed by atoms with Crippen LogP contribution >= 0.6 is 0 Å². The molecule has 0 aromatic heterocycles. The summed E-state index contributed by atoms with van der Waals surface area (Å²) in [5, 5.41) is 13.7. The van der Waals surface area contributed by atoms with Gasteiger partial charge in [-0.15, -0.1) is 0 Å². The second-order valence-corrected chi connectivity index (χ2v) is 7.00. The summed E-state index contributed by atoms with van der Waals surface area (Å²) >= 11 is 0. The SMILES string of the molecule is CN1C2CCC1CC(O)(Cc1cccc3ccccc13)C2. The van der Waals surface area contributed by atoms with Crippen molar-refractivity contribution in [2.75, 3.05) is 7.05 Å². The van der Waals surface area contributed by atoms with Gasteiger partial charge in [0.15, 0.2) is 0 Å². The van der Waals surface area contributed by atoms with Crippen molar-refractivity contribution in [2.45, 2.75) is 49.8 Å². The van der Waals surface area contributed by atoms with Crippen molar-refractivity contribution < 1.29 is 5.11 Å². The molecule has 0 saturated carbocycles. The molecule has 0 radical (unpaired) electrons. The Morgan fingerprint density at radius 2 is 1.71 bits per heavy atom. The standard InChI is InChI=1S/C19H23NO/c1-20-16-9-10-17(20)13-19(21,12-16)11-15-7-4-6-14-5-2-3-8-18(14)15/h2-8,16-17,21H,9-13H2,1H3. The first-order chi connectivity index (χ1) is 10.1. The zero-order valence-corrected chi connectivity index (χ0v) is 12.6. The van der Waals surface area contributed by atoms with Crippen LogP contribution in [0.15, 0.2) is 42.5 Å². The number of rotatable bonds is 2. The van der Waals surface area contributed by atoms with Crippen molar-refractivity contribution in [3.05, 3.63) is 48.0 Å². The van der Waals surface area contributed by atoms with Crippen molar-refractivity contribution in [3.63, 3.8) is 0 Å². The highest BCUT2D eigenvalue weighted by Crippen LogP contribution is 2.41. The third-order valence-corrected chi connectivity index (χ3v) is 5.62. The number of piperidine rings is 1. The van der Waals surface area contributed by atoms with Crippen molar-refractivity contribution in [1.82, 2.24) is 4.90 Å². The molecule has 2 bridgehead atoms. The van der Waals surface area contributed by atoms with E-state index in [1.54, 1.807) is 0 Å². The third kappa shape index (κ3) is 2.27. The molecule has 0 amide bonds. The van der Waals surface area contributed by atoms with Crippen molar-refractivity contribution in [3.8, 4) is 0 Å². The van der Waals surface area contributed by atoms with Gasteiger partial charge >= 0.3 is 0 Å². The molecular weight excluding hydrogens is 258 g/mol. The maximum atomic E-state index is 11.2. The molecule has 0 spiro atoms. The van der Waals surface area contributed by atoms with Gasteiger partial charge in [0.1, 0.15) is 0 Å². The molecule has 0 aliphatic carbocycles. The number of benzene rings is 2. The molecule has 2 aromatic carbocycles. The molecule has 2 nitrogen and oxygen atoms in total. The third-order valence-electron chi connectivity index (χ3n) is 5.62. The van der Waals surface area contributed by atoms with Gasteiger partial charge in [-0.05, 0) is 49.1 Å². The zero-order valence-electron chi connectivity index (χ0n) is 12.6. The van der Waals surface area contributed by atoms with Crippen molar-refractivity contribution in [1.29, 1.82) is 0 Å². The molecule has 21 heavy (non-hydrogen) atoms. The molecule has 2 heteroatoms. The van der Waals surface area contributed by atoms with E-state index in [0.29, 0.717) is 12.1 Å². The number of hydrogen-bond donors (Lipinski definition) is 1. The Morgan fingerprint density at radius 1 is 1.05 bits per heavy atom. The highest BCUT2D eigenvalue weighted by Gasteiger charge is 2.45. The lowest BCUT2D eigenvalue weighted by Crippen LogP contribution is -2.50. The van der Waals surface area contributed by atoms with Gasteiger partial charge in [0.25, 0.3) is 0 Å². The summed E-state index contributed by atoms with van der Waals surface area (Å²) in [4.78, 5) is 2.48. The van der Waals surface area contributed by atoms with E-state index in [1.807, 2.05) is 0 Å². The van der Waals surface area contributed by atoms with E-state index < -0.39 is 5.60 Å². The molecule has 2 heterocycles. The molecule has 2 unspecified atom stereocenters. The first-order valence-corrected chi connectivity index (χ1v) is 8.06. The van der Waals surface area contributed by atoms with Gasteiger partial charge in [-0.25, -0.2) is 0 Å². The first-order valence-electron chi connectivity index (χ1n) is 8.06. The van der Waals surface area contributed by atoms with Crippen LogP contribution < -0.4 is 0 Å². The summed E-state index contributed by atoms with van der Waals surface area (Å²) in [6.45, 7) is 0. The van der Waals surface area contributed by atoms with Gasteiger partial charge < -0.3 is 10.0 Å². The van der Waals surface area contributed by atoms with E-state index in [4.69, 9.17) is 0 Å². The van der Waals surface area contributed by atoms with Gasteiger partial charge in [0, 0.05) is 18.5 Å². The Labute approximate surface area is 126 Å². The van der Waals surface area contributed by atoms with Crippen LogP contribution in [0, 0.1) is 0 Å². The van der Waals surface area contributed by atoms with Crippen LogP contribution in [0.5, 0.6) is 0 Å². The fraction of sp³-hybridized carbons (Fsp3) is 0.474. The second kappa shape index (κ2) is 4.82. The first kappa shape index (κ1) is 13.3. The number of nitrogens with zero attached hydrogens (tertiary/aromatic N) is 1. The van der Waals surface area contributed by atoms with Gasteiger partial charge in [0.2, 0.25) is 0 Å². The van der Waals surface area contributed by atoms with Crippen LogP contribution in [0.2, 0.25) is 0 Å². The van der Waals surface area contributed by atoms with E-state index in [9.17, 15) is 5.11 Å². The maximum Gasteiger partial charge on any atom is 0.0717 e. The Morgan fingerprint density at radius 3 is 2.48 bits per heavy atom. The van der Waals surface area contributed by atoms with Crippen LogP contribution in [0.25, 0.3) is 10.8 Å². The molecule has 2 aliphatic rings. The minimum atomic E-state index is -0.525. The summed E-state index contributed by atoms with van der Waals surface area (Å²) in [5.41, 5.74) is 0.766. The van der Waals surface area contributed by atoms with Gasteiger partial charge in [-0.1, -0.05) is 42.5 Å². The fourth-order valence-electron chi connectivity index (χ4n) is 4.49. The molecule has 2 saturated heterocycles. The molecule has 4 rings (SSSR count). The highest BCUT2D eigenvalue weighted by atomic mass is 16.3. The van der Waals surface area contributed by atoms with Crippen molar-refractivity contribution >= 4 is 10.8 Å². The predicted octanol–water partition coefficient (Wildman–Crippen LogP) is 3.37. The average molecular weight is 281 g/mol. The number of fused-ring (bicyclic) bond motifs is 3. The lowest BCUT2D eigenvalue weighted by molar-refractivity contribution is -0.0435. The van der Waals surface area contributed by atoms with Crippen LogP contribution in [0.3, 0.4) is 0 Å². The molecule has 1 N–H and O–H groups in total. The van der Waals surface area contributed by atoms with Gasteiger partial charge in [-0.3, -0.25) is 0 Å². The van der Waals surface area contributed by atoms with E-state index >= 15 is 0 Å². The van der Waals surface area contributed by atoms with Crippen LogP contribution in [-0.4, -0.2) is 34.7 Å². The normalized spacial score (nSPS) is 32.7. The highest BCUT2D eigenvalue weighted by molar-refractivity contribution is 5.85. The van der Waals surface area contributed by atoms with E-state index in [0.717, 1.165) is 19.3 Å². The summed E-state index contributed by atoms with van der Waals surface area (Å²) in [6.07, 6.45) is 5.12. The minimum absolute atomic E-state index is 0.525. The molecule has 2 aromatic rings. The number of aliphatic hydroxyl groups is 1. The Bertz CT molecular complexity index is 646. The van der Waals surface area contributed by atoms with Crippen LogP contribution in [0.4, 0.5) is 0 Å². The molecule has 2 fully saturated rings. The van der Waals surface area contributed by atoms with Crippen LogP contribution in [-0.2, 0) is 6.42 Å². The Balaban J connectivity index is 1.66. The van der Waals surface area contributed by atoms with Gasteiger partial charge in [0.05, 0.1) is 5.60 Å². The predicted molar refractivity (Wildman–Crippen MR) is 86.4 cm³/mol. The Hall–Kier alpha value is -1.38. The average Bonchev–Trinajstić information content (AvgIpc) is 2.71. The fourth-order valence-corrected chi connectivity index (χ4v) is 4.49. The minimum Gasteiger partial charge on any atom is -0.389 e. The molecule has 2 aliphatic heterocycles. The topological polar surface area (TPSA) is 23.5 Å². The smallest absolute Gasteiger partial charge is 0.0717 e. The van der Waals surface area contributed by atoms with Crippen molar-refractivity contribution in [2.24, 2.45) is 0 Å². The van der Waals surface area contributed by atoms with E-state index in [1.165, 1.54) is 29.2 Å². The quantitative estimate of drug-likeness (QED) is 0.912. The van der Waals surface area contributed by atoms with E-state index in [-0.39, 0.29) is 0 Å². The summed E-state index contributed by atoms with van der Waals surface area (Å²) in [6, 6.07) is 16.1. The maximum absolute atomic E-state index is 11.2. The lowest BCUT2D eigenvalue weighted by Gasteiger charge is -2.42. The summed E-state index contributed by atoms with van der Waals surface area (Å²) in [5.74, 6) is 0. The summed E-state index contributed by atoms with van der Waals surface area (Å²) in [7, 11) is 2.22. The Kier molecular flexibility index (Phi) is 3.05. The largest absolute Gasteiger partial charge is 0.389 e. The molecular formula is C19H23NO. The molecule has 110 valence electrons. The van der Waals surface area contributed by atoms with Crippen LogP contribution in [0.1, 0.15) is 31.2 Å².